The van der Waals surface area contributed by atoms with Gasteiger partial charge in [0.15, 0.2) is 0 Å². The van der Waals surface area contributed by atoms with Crippen LogP contribution in [0.25, 0.3) is 0 Å². The molecule has 0 aliphatic heterocycles. The average Bonchev–Trinajstić information content (AvgIpc) is 1.86. The van der Waals surface area contributed by atoms with Gasteiger partial charge in [-0.3, -0.25) is 0 Å². The number of hydrogen-bond acceptors (Lipinski definition) is 0. The maximum absolute atomic E-state index is 3.17. The van der Waals surface area contributed by atoms with E-state index in [0.29, 0.717) is 0 Å². The molecule has 0 heterocycles. The van der Waals surface area contributed by atoms with Crippen LogP contribution in [0.5, 0.6) is 0 Å². The van der Waals surface area contributed by atoms with Crippen molar-refractivity contribution in [3.05, 3.63) is 24.3 Å². The van der Waals surface area contributed by atoms with Gasteiger partial charge in [0.05, 0.1) is 0 Å². The van der Waals surface area contributed by atoms with Gasteiger partial charge in [-0.15, -0.1) is 0 Å². The van der Waals surface area contributed by atoms with Crippen LogP contribution in [0.2, 0.25) is 0 Å². The number of rotatable bonds is 0. The van der Waals surface area contributed by atoms with Crippen molar-refractivity contribution in [2.75, 3.05) is 0 Å². The van der Waals surface area contributed by atoms with Gasteiger partial charge in [-0.05, 0) is 25.7 Å². The molecule has 0 bridgehead atoms. The zero-order valence-electron chi connectivity index (χ0n) is 6.21. The van der Waals surface area contributed by atoms with Crippen LogP contribution in [0.15, 0.2) is 24.3 Å². The Morgan fingerprint density at radius 1 is 0.727 bits per heavy atom. The summed E-state index contributed by atoms with van der Waals surface area (Å²) in [6, 6.07) is 0. The van der Waals surface area contributed by atoms with Crippen molar-refractivity contribution in [1.29, 1.82) is 0 Å². The fourth-order valence-electron chi connectivity index (χ4n) is 0.856. The predicted octanol–water partition coefficient (Wildman–Crippen LogP) is 4.36. The first-order chi connectivity index (χ1) is 5.41. The molecular formula is C8H12Br2Pt. The number of allylic oxidation sites excluding steroid dienone is 4. The van der Waals surface area contributed by atoms with Gasteiger partial charge in [0.25, 0.3) is 0 Å². The predicted molar refractivity (Wildman–Crippen MR) is 54.6 cm³/mol. The molecule has 0 nitrogen and oxygen atoms in total. The molecule has 0 saturated heterocycles. The first-order valence-electron chi connectivity index (χ1n) is 3.54. The molecule has 0 atom stereocenters. The molecule has 0 spiro atoms. The molecule has 0 N–H and O–H groups in total. The fourth-order valence-corrected chi connectivity index (χ4v) is 0.856. The quantitative estimate of drug-likeness (QED) is 0.469. The maximum atomic E-state index is 3.17. The van der Waals surface area contributed by atoms with Gasteiger partial charge in [-0.1, -0.05) is 24.3 Å². The zero-order chi connectivity index (χ0) is 8.36. The van der Waals surface area contributed by atoms with Crippen molar-refractivity contribution in [3.63, 3.8) is 0 Å². The van der Waals surface area contributed by atoms with E-state index in [-0.39, 0.29) is 14.5 Å². The minimum absolute atomic E-state index is 0.208. The Labute approximate surface area is 90.3 Å². The van der Waals surface area contributed by atoms with Crippen LogP contribution in [0.3, 0.4) is 0 Å². The van der Waals surface area contributed by atoms with Crippen molar-refractivity contribution >= 4 is 26.6 Å². The van der Waals surface area contributed by atoms with E-state index in [0.717, 1.165) is 0 Å². The van der Waals surface area contributed by atoms with E-state index in [4.69, 9.17) is 0 Å². The second-order valence-corrected chi connectivity index (χ2v) is 12.1. The van der Waals surface area contributed by atoms with Gasteiger partial charge in [-0.25, -0.2) is 0 Å². The van der Waals surface area contributed by atoms with Gasteiger partial charge in [0, 0.05) is 0 Å². The summed E-state index contributed by atoms with van der Waals surface area (Å²) in [6.45, 7) is 0. The van der Waals surface area contributed by atoms with Crippen molar-refractivity contribution < 1.29 is 14.5 Å². The molecule has 68 valence electrons. The summed E-state index contributed by atoms with van der Waals surface area (Å²) in [5.74, 6) is 0. The molecule has 11 heavy (non-hydrogen) atoms. The molecule has 0 amide bonds. The summed E-state index contributed by atoms with van der Waals surface area (Å²) < 4.78 is 0. The topological polar surface area (TPSA) is 0 Å². The van der Waals surface area contributed by atoms with E-state index in [2.05, 4.69) is 50.9 Å². The molecule has 0 unspecified atom stereocenters. The van der Waals surface area contributed by atoms with Crippen molar-refractivity contribution in [1.82, 2.24) is 0 Å². The van der Waals surface area contributed by atoms with Crippen molar-refractivity contribution in [3.8, 4) is 0 Å². The second-order valence-electron chi connectivity index (χ2n) is 2.14. The van der Waals surface area contributed by atoms with E-state index in [1.807, 2.05) is 0 Å². The zero-order valence-corrected chi connectivity index (χ0v) is 11.7. The summed E-state index contributed by atoms with van der Waals surface area (Å²) >= 11 is 6.56. The summed E-state index contributed by atoms with van der Waals surface area (Å²) in [5.41, 5.74) is 0. The van der Waals surface area contributed by atoms with Gasteiger partial charge in [0.2, 0.25) is 0 Å². The Hall–Kier alpha value is 1.13. The normalized spacial score (nSPS) is 19.5. The Morgan fingerprint density at radius 3 is 1.09 bits per heavy atom. The Morgan fingerprint density at radius 2 is 0.909 bits per heavy atom. The SMILES string of the molecule is C1=CCC/C=C\CC1.[Br][Pt][Br]. The van der Waals surface area contributed by atoms with Gasteiger partial charge >= 0.3 is 41.0 Å². The molecule has 0 radical (unpaired) electrons. The van der Waals surface area contributed by atoms with Gasteiger partial charge in [-0.2, -0.15) is 0 Å². The first kappa shape index (κ1) is 12.1. The average molecular weight is 463 g/mol. The van der Waals surface area contributed by atoms with Crippen molar-refractivity contribution in [2.45, 2.75) is 25.7 Å². The molecule has 1 aliphatic rings. The van der Waals surface area contributed by atoms with Crippen LogP contribution in [-0.2, 0) is 14.5 Å². The van der Waals surface area contributed by atoms with E-state index >= 15 is 0 Å². The monoisotopic (exact) mass is 461 g/mol. The van der Waals surface area contributed by atoms with Crippen LogP contribution < -0.4 is 0 Å². The second kappa shape index (κ2) is 11.1. The summed E-state index contributed by atoms with van der Waals surface area (Å²) in [7, 11) is 0. The number of hydrogen-bond donors (Lipinski definition) is 0. The van der Waals surface area contributed by atoms with Gasteiger partial charge < -0.3 is 0 Å². The Kier molecular flexibility index (Phi) is 12.3. The van der Waals surface area contributed by atoms with E-state index in [1.54, 1.807) is 0 Å². The Balaban J connectivity index is 0.000000292. The summed E-state index contributed by atoms with van der Waals surface area (Å²) in [6.07, 6.45) is 14.0. The molecule has 1 aliphatic carbocycles. The summed E-state index contributed by atoms with van der Waals surface area (Å²) in [4.78, 5) is 0. The molecule has 0 aromatic rings. The molecule has 3 heteroatoms. The van der Waals surface area contributed by atoms with E-state index in [9.17, 15) is 0 Å². The van der Waals surface area contributed by atoms with Crippen LogP contribution >= 0.6 is 26.6 Å². The van der Waals surface area contributed by atoms with Crippen LogP contribution in [0, 0.1) is 0 Å². The molecule has 0 aromatic carbocycles. The standard InChI is InChI=1S/C8H12.2BrH.Pt/c1-2-4-6-8-7-5-3-1;;;/h1-2,7-8H,3-6H2;2*1H;/q;;;+2/p-2/b2-1-,8-7?;;;. The molecule has 0 fully saturated rings. The fraction of sp³-hybridized carbons (Fsp3) is 0.500. The van der Waals surface area contributed by atoms with Crippen LogP contribution in [0.1, 0.15) is 25.7 Å². The van der Waals surface area contributed by atoms with Gasteiger partial charge in [0.1, 0.15) is 0 Å². The first-order valence-corrected chi connectivity index (χ1v) is 13.5. The number of halogens is 2. The molecule has 0 aromatic heterocycles. The molecular weight excluding hydrogens is 451 g/mol. The third-order valence-electron chi connectivity index (χ3n) is 1.33. The summed E-state index contributed by atoms with van der Waals surface area (Å²) in [5, 5.41) is 0. The molecule has 1 rings (SSSR count). The van der Waals surface area contributed by atoms with E-state index in [1.165, 1.54) is 25.7 Å². The minimum atomic E-state index is 0.208. The third kappa shape index (κ3) is 11.1. The van der Waals surface area contributed by atoms with Crippen LogP contribution in [0.4, 0.5) is 0 Å². The van der Waals surface area contributed by atoms with E-state index < -0.39 is 0 Å². The van der Waals surface area contributed by atoms with Crippen LogP contribution in [-0.4, -0.2) is 0 Å². The van der Waals surface area contributed by atoms with Crippen molar-refractivity contribution in [2.24, 2.45) is 0 Å². The third-order valence-corrected chi connectivity index (χ3v) is 1.33. The molecule has 0 saturated carbocycles. The Bertz CT molecular complexity index is 95.3.